The van der Waals surface area contributed by atoms with Crippen molar-refractivity contribution in [3.8, 4) is 0 Å². The maximum Gasteiger partial charge on any atom is 0.0251 e. The van der Waals surface area contributed by atoms with Crippen molar-refractivity contribution in [1.82, 2.24) is 4.90 Å². The Balaban J connectivity index is 1.81. The van der Waals surface area contributed by atoms with E-state index in [1.165, 1.54) is 50.2 Å². The third-order valence-electron chi connectivity index (χ3n) is 4.34. The smallest absolute Gasteiger partial charge is 0.0251 e. The van der Waals surface area contributed by atoms with Crippen LogP contribution < -0.4 is 5.73 Å². The molecule has 2 fully saturated rings. The first-order chi connectivity index (χ1) is 7.81. The minimum Gasteiger partial charge on any atom is -0.329 e. The van der Waals surface area contributed by atoms with Crippen LogP contribution in [-0.2, 0) is 0 Å². The van der Waals surface area contributed by atoms with Crippen LogP contribution in [-0.4, -0.2) is 42.6 Å². The Hall–Kier alpha value is 0.270. The molecule has 3 heteroatoms. The van der Waals surface area contributed by atoms with E-state index in [-0.39, 0.29) is 0 Å². The number of nitrogens with zero attached hydrogens (tertiary/aromatic N) is 1. The van der Waals surface area contributed by atoms with Gasteiger partial charge in [0.05, 0.1) is 0 Å². The molecule has 1 saturated heterocycles. The summed E-state index contributed by atoms with van der Waals surface area (Å²) in [4.78, 5) is 2.56. The fourth-order valence-electron chi connectivity index (χ4n) is 3.32. The van der Waals surface area contributed by atoms with Crippen LogP contribution in [0.5, 0.6) is 0 Å². The molecule has 1 aliphatic carbocycles. The highest BCUT2D eigenvalue weighted by atomic mass is 32.2. The molecule has 0 amide bonds. The highest BCUT2D eigenvalue weighted by molar-refractivity contribution is 7.99. The number of hydrogen-bond acceptors (Lipinski definition) is 3. The van der Waals surface area contributed by atoms with E-state index in [0.717, 1.165) is 18.4 Å². The Labute approximate surface area is 104 Å². The molecule has 2 atom stereocenters. The summed E-state index contributed by atoms with van der Waals surface area (Å²) >= 11 is 2.10. The second kappa shape index (κ2) is 6.27. The topological polar surface area (TPSA) is 29.3 Å². The SMILES string of the molecule is CN(CC1CCCC1)C(CN)C1CCSC1. The first kappa shape index (κ1) is 12.7. The van der Waals surface area contributed by atoms with Crippen LogP contribution in [0.1, 0.15) is 32.1 Å². The molecule has 0 aromatic rings. The number of nitrogens with two attached hydrogens (primary N) is 1. The van der Waals surface area contributed by atoms with Crippen molar-refractivity contribution in [3.63, 3.8) is 0 Å². The summed E-state index contributed by atoms with van der Waals surface area (Å²) in [7, 11) is 2.29. The Bertz CT molecular complexity index is 198. The summed E-state index contributed by atoms with van der Waals surface area (Å²) in [6.45, 7) is 2.12. The lowest BCUT2D eigenvalue weighted by molar-refractivity contribution is 0.166. The van der Waals surface area contributed by atoms with Gasteiger partial charge in [-0.1, -0.05) is 12.8 Å². The third-order valence-corrected chi connectivity index (χ3v) is 5.53. The molecule has 0 spiro atoms. The van der Waals surface area contributed by atoms with Crippen molar-refractivity contribution in [2.45, 2.75) is 38.1 Å². The maximum atomic E-state index is 5.98. The van der Waals surface area contributed by atoms with Gasteiger partial charge in [0.15, 0.2) is 0 Å². The molecule has 1 aliphatic heterocycles. The number of rotatable bonds is 5. The van der Waals surface area contributed by atoms with Gasteiger partial charge in [0, 0.05) is 19.1 Å². The standard InChI is InChI=1S/C13H26N2S/c1-15(9-11-4-2-3-5-11)13(8-14)12-6-7-16-10-12/h11-13H,2-10,14H2,1H3. The molecular weight excluding hydrogens is 216 g/mol. The number of thioether (sulfide) groups is 1. The van der Waals surface area contributed by atoms with Gasteiger partial charge in [-0.3, -0.25) is 0 Å². The van der Waals surface area contributed by atoms with Crippen LogP contribution in [0.15, 0.2) is 0 Å². The first-order valence-corrected chi connectivity index (χ1v) is 7.94. The van der Waals surface area contributed by atoms with E-state index in [4.69, 9.17) is 5.73 Å². The Kier molecular flexibility index (Phi) is 4.98. The number of likely N-dealkylation sites (N-methyl/N-ethyl adjacent to an activating group) is 1. The molecule has 0 aromatic carbocycles. The highest BCUT2D eigenvalue weighted by Gasteiger charge is 2.29. The molecule has 1 saturated carbocycles. The molecule has 2 rings (SSSR count). The van der Waals surface area contributed by atoms with Gasteiger partial charge < -0.3 is 10.6 Å². The fraction of sp³-hybridized carbons (Fsp3) is 1.00. The molecule has 0 bridgehead atoms. The van der Waals surface area contributed by atoms with Crippen LogP contribution >= 0.6 is 11.8 Å². The van der Waals surface area contributed by atoms with Crippen molar-refractivity contribution in [1.29, 1.82) is 0 Å². The van der Waals surface area contributed by atoms with Crippen LogP contribution in [0.4, 0.5) is 0 Å². The van der Waals surface area contributed by atoms with Crippen molar-refractivity contribution in [2.75, 3.05) is 31.6 Å². The fourth-order valence-corrected chi connectivity index (χ4v) is 4.65. The molecule has 0 aromatic heterocycles. The average molecular weight is 242 g/mol. The second-order valence-corrected chi connectivity index (χ2v) is 6.67. The molecule has 0 radical (unpaired) electrons. The molecule has 94 valence electrons. The van der Waals surface area contributed by atoms with Gasteiger partial charge in [-0.05, 0) is 49.7 Å². The minimum atomic E-state index is 0.635. The zero-order valence-electron chi connectivity index (χ0n) is 10.5. The van der Waals surface area contributed by atoms with Gasteiger partial charge in [0.25, 0.3) is 0 Å². The zero-order valence-corrected chi connectivity index (χ0v) is 11.3. The maximum absolute atomic E-state index is 5.98. The normalized spacial score (nSPS) is 29.1. The predicted octanol–water partition coefficient (Wildman–Crippen LogP) is 2.19. The van der Waals surface area contributed by atoms with Crippen molar-refractivity contribution in [3.05, 3.63) is 0 Å². The molecule has 2 unspecified atom stereocenters. The van der Waals surface area contributed by atoms with E-state index in [0.29, 0.717) is 6.04 Å². The molecule has 2 aliphatic rings. The van der Waals surface area contributed by atoms with Gasteiger partial charge in [0.2, 0.25) is 0 Å². The van der Waals surface area contributed by atoms with Crippen molar-refractivity contribution < 1.29 is 0 Å². The van der Waals surface area contributed by atoms with E-state index < -0.39 is 0 Å². The summed E-state index contributed by atoms with van der Waals surface area (Å²) in [5.74, 6) is 4.48. The average Bonchev–Trinajstić information content (AvgIpc) is 2.91. The second-order valence-electron chi connectivity index (χ2n) is 5.52. The first-order valence-electron chi connectivity index (χ1n) is 6.79. The van der Waals surface area contributed by atoms with E-state index in [1.54, 1.807) is 0 Å². The van der Waals surface area contributed by atoms with Crippen molar-refractivity contribution >= 4 is 11.8 Å². The van der Waals surface area contributed by atoms with E-state index in [9.17, 15) is 0 Å². The zero-order chi connectivity index (χ0) is 11.4. The van der Waals surface area contributed by atoms with Gasteiger partial charge in [0.1, 0.15) is 0 Å². The van der Waals surface area contributed by atoms with Gasteiger partial charge in [-0.25, -0.2) is 0 Å². The summed E-state index contributed by atoms with van der Waals surface area (Å²) in [6.07, 6.45) is 7.17. The summed E-state index contributed by atoms with van der Waals surface area (Å²) in [6, 6.07) is 0.635. The van der Waals surface area contributed by atoms with Gasteiger partial charge in [-0.2, -0.15) is 11.8 Å². The lowest BCUT2D eigenvalue weighted by Gasteiger charge is -2.33. The molecule has 2 N–H and O–H groups in total. The highest BCUT2D eigenvalue weighted by Crippen LogP contribution is 2.30. The minimum absolute atomic E-state index is 0.635. The Morgan fingerprint density at radius 3 is 2.62 bits per heavy atom. The van der Waals surface area contributed by atoms with Crippen LogP contribution in [0.2, 0.25) is 0 Å². The third kappa shape index (κ3) is 3.14. The van der Waals surface area contributed by atoms with E-state index in [1.807, 2.05) is 0 Å². The summed E-state index contributed by atoms with van der Waals surface area (Å²) in [5, 5.41) is 0. The lowest BCUT2D eigenvalue weighted by Crippen LogP contribution is -2.45. The van der Waals surface area contributed by atoms with Crippen LogP contribution in [0, 0.1) is 11.8 Å². The van der Waals surface area contributed by atoms with Crippen molar-refractivity contribution in [2.24, 2.45) is 17.6 Å². The summed E-state index contributed by atoms with van der Waals surface area (Å²) in [5.41, 5.74) is 5.98. The van der Waals surface area contributed by atoms with Gasteiger partial charge >= 0.3 is 0 Å². The molecule has 1 heterocycles. The van der Waals surface area contributed by atoms with Gasteiger partial charge in [-0.15, -0.1) is 0 Å². The van der Waals surface area contributed by atoms with E-state index in [2.05, 4.69) is 23.7 Å². The lowest BCUT2D eigenvalue weighted by atomic mass is 9.96. The molecule has 16 heavy (non-hydrogen) atoms. The quantitative estimate of drug-likeness (QED) is 0.801. The van der Waals surface area contributed by atoms with Crippen LogP contribution in [0.3, 0.4) is 0 Å². The molecule has 2 nitrogen and oxygen atoms in total. The largest absolute Gasteiger partial charge is 0.329 e. The molecular formula is C13H26N2S. The summed E-state index contributed by atoms with van der Waals surface area (Å²) < 4.78 is 0. The Morgan fingerprint density at radius 1 is 1.31 bits per heavy atom. The predicted molar refractivity (Wildman–Crippen MR) is 72.9 cm³/mol. The Morgan fingerprint density at radius 2 is 2.06 bits per heavy atom. The monoisotopic (exact) mass is 242 g/mol. The van der Waals surface area contributed by atoms with Crippen LogP contribution in [0.25, 0.3) is 0 Å². The van der Waals surface area contributed by atoms with E-state index >= 15 is 0 Å². The number of hydrogen-bond donors (Lipinski definition) is 1.